The molecule has 0 aliphatic heterocycles. The summed E-state index contributed by atoms with van der Waals surface area (Å²) in [6.45, 7) is 5.80. The highest BCUT2D eigenvalue weighted by Gasteiger charge is 2.18. The van der Waals surface area contributed by atoms with Gasteiger partial charge in [-0.2, -0.15) is 0 Å². The zero-order valence-electron chi connectivity index (χ0n) is 14.0. The molecule has 2 rings (SSSR count). The van der Waals surface area contributed by atoms with Crippen molar-refractivity contribution in [2.45, 2.75) is 33.2 Å². The monoisotopic (exact) mass is 316 g/mol. The number of hydrogen-bond acceptors (Lipinski definition) is 3. The maximum atomic E-state index is 12.5. The summed E-state index contributed by atoms with van der Waals surface area (Å²) in [5.41, 5.74) is 1.36. The fraction of sp³-hybridized carbons (Fsp3) is 0.444. The van der Waals surface area contributed by atoms with Crippen LogP contribution in [0, 0.1) is 0 Å². The van der Waals surface area contributed by atoms with Crippen LogP contribution in [-0.2, 0) is 16.1 Å². The molecule has 0 spiro atoms. The quantitative estimate of drug-likeness (QED) is 0.738. The van der Waals surface area contributed by atoms with E-state index in [9.17, 15) is 9.59 Å². The molecule has 1 aromatic heterocycles. The van der Waals surface area contributed by atoms with Crippen LogP contribution in [0.15, 0.2) is 30.5 Å². The van der Waals surface area contributed by atoms with Gasteiger partial charge in [-0.05, 0) is 19.4 Å². The molecule has 0 bridgehead atoms. The first-order valence-electron chi connectivity index (χ1n) is 8.06. The lowest BCUT2D eigenvalue weighted by Crippen LogP contribution is -2.34. The van der Waals surface area contributed by atoms with E-state index >= 15 is 0 Å². The molecule has 0 atom stereocenters. The molecule has 0 aliphatic rings. The van der Waals surface area contributed by atoms with Gasteiger partial charge in [0, 0.05) is 30.2 Å². The summed E-state index contributed by atoms with van der Waals surface area (Å²) in [5, 5.41) is 0.809. The topological polar surface area (TPSA) is 51.5 Å². The Labute approximate surface area is 136 Å². The van der Waals surface area contributed by atoms with E-state index in [2.05, 4.69) is 6.92 Å². The number of ether oxygens (including phenoxy) is 1. The molecule has 0 aliphatic carbocycles. The van der Waals surface area contributed by atoms with Crippen molar-refractivity contribution < 1.29 is 14.3 Å². The van der Waals surface area contributed by atoms with E-state index in [0.717, 1.165) is 30.3 Å². The van der Waals surface area contributed by atoms with E-state index in [-0.39, 0.29) is 18.4 Å². The van der Waals surface area contributed by atoms with Crippen molar-refractivity contribution in [1.29, 1.82) is 0 Å². The lowest BCUT2D eigenvalue weighted by Gasteiger charge is -2.21. The molecular weight excluding hydrogens is 292 g/mol. The van der Waals surface area contributed by atoms with Crippen molar-refractivity contribution in [2.24, 2.45) is 0 Å². The molecule has 0 N–H and O–H groups in total. The highest BCUT2D eigenvalue weighted by molar-refractivity contribution is 6.04. The summed E-state index contributed by atoms with van der Waals surface area (Å²) in [6, 6.07) is 7.56. The molecule has 5 heteroatoms. The Kier molecular flexibility index (Phi) is 5.79. The number of para-hydroxylation sites is 1. The molecule has 1 aromatic carbocycles. The van der Waals surface area contributed by atoms with E-state index in [1.54, 1.807) is 6.20 Å². The average Bonchev–Trinajstić information content (AvgIpc) is 2.93. The van der Waals surface area contributed by atoms with Gasteiger partial charge in [0.2, 0.25) is 5.91 Å². The largest absolute Gasteiger partial charge is 0.465 e. The van der Waals surface area contributed by atoms with Gasteiger partial charge in [0.15, 0.2) is 0 Å². The standard InChI is InChI=1S/C18H24N2O3/c1-4-6-11-19(5-2)17(21)13-20-12-15(18(22)23-3)14-9-7-8-10-16(14)20/h7-10,12H,4-6,11,13H2,1-3H3. The third-order valence-corrected chi connectivity index (χ3v) is 4.02. The molecule has 2 aromatic rings. The van der Waals surface area contributed by atoms with E-state index in [1.165, 1.54) is 7.11 Å². The van der Waals surface area contributed by atoms with Crippen LogP contribution in [0.5, 0.6) is 0 Å². The Morgan fingerprint density at radius 1 is 1.22 bits per heavy atom. The number of fused-ring (bicyclic) bond motifs is 1. The lowest BCUT2D eigenvalue weighted by atomic mass is 10.2. The second-order valence-corrected chi connectivity index (χ2v) is 5.51. The summed E-state index contributed by atoms with van der Waals surface area (Å²) in [4.78, 5) is 26.3. The van der Waals surface area contributed by atoms with Crippen LogP contribution in [-0.4, -0.2) is 41.5 Å². The Morgan fingerprint density at radius 3 is 2.61 bits per heavy atom. The van der Waals surface area contributed by atoms with Crippen molar-refractivity contribution in [3.05, 3.63) is 36.0 Å². The Morgan fingerprint density at radius 2 is 1.96 bits per heavy atom. The smallest absolute Gasteiger partial charge is 0.340 e. The van der Waals surface area contributed by atoms with Crippen molar-refractivity contribution in [3.8, 4) is 0 Å². The minimum atomic E-state index is -0.384. The number of aromatic nitrogens is 1. The Balaban J connectivity index is 2.29. The van der Waals surface area contributed by atoms with Gasteiger partial charge in [-0.3, -0.25) is 4.79 Å². The van der Waals surface area contributed by atoms with E-state index in [0.29, 0.717) is 12.1 Å². The van der Waals surface area contributed by atoms with Crippen LogP contribution >= 0.6 is 0 Å². The number of unbranched alkanes of at least 4 members (excludes halogenated alkanes) is 1. The molecule has 1 heterocycles. The zero-order valence-corrected chi connectivity index (χ0v) is 14.0. The second-order valence-electron chi connectivity index (χ2n) is 5.51. The molecular formula is C18H24N2O3. The predicted molar refractivity (Wildman–Crippen MR) is 90.4 cm³/mol. The van der Waals surface area contributed by atoms with Gasteiger partial charge in [-0.25, -0.2) is 4.79 Å². The molecule has 0 fully saturated rings. The van der Waals surface area contributed by atoms with E-state index in [4.69, 9.17) is 4.74 Å². The number of rotatable bonds is 7. The molecule has 0 saturated carbocycles. The van der Waals surface area contributed by atoms with Crippen LogP contribution < -0.4 is 0 Å². The van der Waals surface area contributed by atoms with Crippen LogP contribution in [0.25, 0.3) is 10.9 Å². The van der Waals surface area contributed by atoms with Gasteiger partial charge in [0.05, 0.1) is 12.7 Å². The highest BCUT2D eigenvalue weighted by atomic mass is 16.5. The summed E-state index contributed by atoms with van der Waals surface area (Å²) < 4.78 is 6.67. The number of hydrogen-bond donors (Lipinski definition) is 0. The first-order valence-corrected chi connectivity index (χ1v) is 8.06. The summed E-state index contributed by atoms with van der Waals surface area (Å²) in [6.07, 6.45) is 3.77. The number of methoxy groups -OCH3 is 1. The van der Waals surface area contributed by atoms with E-state index in [1.807, 2.05) is 40.7 Å². The van der Waals surface area contributed by atoms with Crippen molar-refractivity contribution in [2.75, 3.05) is 20.2 Å². The van der Waals surface area contributed by atoms with Crippen molar-refractivity contribution in [3.63, 3.8) is 0 Å². The van der Waals surface area contributed by atoms with Gasteiger partial charge in [0.25, 0.3) is 0 Å². The third kappa shape index (κ3) is 3.73. The Hall–Kier alpha value is -2.30. The first-order chi connectivity index (χ1) is 11.1. The highest BCUT2D eigenvalue weighted by Crippen LogP contribution is 2.22. The summed E-state index contributed by atoms with van der Waals surface area (Å²) in [5.74, 6) is -0.316. The molecule has 124 valence electrons. The number of esters is 1. The van der Waals surface area contributed by atoms with Gasteiger partial charge in [-0.1, -0.05) is 31.5 Å². The SMILES string of the molecule is CCCCN(CC)C(=O)Cn1cc(C(=O)OC)c2ccccc21. The van der Waals surface area contributed by atoms with E-state index < -0.39 is 0 Å². The number of benzene rings is 1. The number of nitrogens with zero attached hydrogens (tertiary/aromatic N) is 2. The normalized spacial score (nSPS) is 10.7. The molecule has 0 radical (unpaired) electrons. The maximum Gasteiger partial charge on any atom is 0.340 e. The summed E-state index contributed by atoms with van der Waals surface area (Å²) >= 11 is 0. The molecule has 23 heavy (non-hydrogen) atoms. The third-order valence-electron chi connectivity index (χ3n) is 4.02. The molecule has 5 nitrogen and oxygen atoms in total. The molecule has 1 amide bonds. The minimum Gasteiger partial charge on any atom is -0.465 e. The van der Waals surface area contributed by atoms with Gasteiger partial charge >= 0.3 is 5.97 Å². The maximum absolute atomic E-state index is 12.5. The van der Waals surface area contributed by atoms with Crippen LogP contribution in [0.3, 0.4) is 0 Å². The number of carbonyl (C=O) groups is 2. The number of likely N-dealkylation sites (N-methyl/N-ethyl adjacent to an activating group) is 1. The van der Waals surface area contributed by atoms with Gasteiger partial charge in [-0.15, -0.1) is 0 Å². The summed E-state index contributed by atoms with van der Waals surface area (Å²) in [7, 11) is 1.36. The zero-order chi connectivity index (χ0) is 16.8. The number of carbonyl (C=O) groups excluding carboxylic acids is 2. The van der Waals surface area contributed by atoms with Crippen LogP contribution in [0.4, 0.5) is 0 Å². The minimum absolute atomic E-state index is 0.0677. The predicted octanol–water partition coefficient (Wildman–Crippen LogP) is 3.08. The van der Waals surface area contributed by atoms with Crippen LogP contribution in [0.1, 0.15) is 37.0 Å². The number of amides is 1. The average molecular weight is 316 g/mol. The first kappa shape index (κ1) is 17.1. The Bertz CT molecular complexity index is 691. The lowest BCUT2D eigenvalue weighted by molar-refractivity contribution is -0.131. The van der Waals surface area contributed by atoms with Crippen molar-refractivity contribution in [1.82, 2.24) is 9.47 Å². The molecule has 0 unspecified atom stereocenters. The van der Waals surface area contributed by atoms with Gasteiger partial charge in [0.1, 0.15) is 6.54 Å². The fourth-order valence-corrected chi connectivity index (χ4v) is 2.70. The molecule has 0 saturated heterocycles. The van der Waals surface area contributed by atoms with Gasteiger partial charge < -0.3 is 14.2 Å². The van der Waals surface area contributed by atoms with Crippen LogP contribution in [0.2, 0.25) is 0 Å². The second kappa shape index (κ2) is 7.81. The van der Waals surface area contributed by atoms with Crippen molar-refractivity contribution >= 4 is 22.8 Å². The fourth-order valence-electron chi connectivity index (χ4n) is 2.70.